The van der Waals surface area contributed by atoms with Crippen molar-refractivity contribution >= 4 is 11.6 Å². The summed E-state index contributed by atoms with van der Waals surface area (Å²) in [5, 5.41) is 4.29. The van der Waals surface area contributed by atoms with E-state index in [4.69, 9.17) is 14.9 Å². The molecule has 7 heteroatoms. The van der Waals surface area contributed by atoms with Crippen molar-refractivity contribution in [3.63, 3.8) is 0 Å². The number of ether oxygens (including phenoxy) is 1. The molecule has 0 unspecified atom stereocenters. The molecule has 0 saturated heterocycles. The Hall–Kier alpha value is -2.41. The lowest BCUT2D eigenvalue weighted by atomic mass is 10.3. The van der Waals surface area contributed by atoms with Crippen LogP contribution >= 0.6 is 0 Å². The van der Waals surface area contributed by atoms with Crippen LogP contribution in [0.25, 0.3) is 17.1 Å². The Morgan fingerprint density at radius 3 is 3.06 bits per heavy atom. The number of furan rings is 1. The molecule has 0 atom stereocenters. The highest BCUT2D eigenvalue weighted by Crippen LogP contribution is 2.20. The first-order chi connectivity index (χ1) is 8.78. The van der Waals surface area contributed by atoms with E-state index in [1.807, 2.05) is 6.07 Å². The van der Waals surface area contributed by atoms with Gasteiger partial charge in [-0.2, -0.15) is 14.6 Å². The molecule has 0 aromatic carbocycles. The van der Waals surface area contributed by atoms with Crippen molar-refractivity contribution in [1.82, 2.24) is 19.6 Å². The Bertz CT molecular complexity index is 674. The smallest absolute Gasteiger partial charge is 0.225 e. The first-order valence-corrected chi connectivity index (χ1v) is 5.33. The first-order valence-electron chi connectivity index (χ1n) is 5.33. The summed E-state index contributed by atoms with van der Waals surface area (Å²) in [4.78, 5) is 8.40. The summed E-state index contributed by atoms with van der Waals surface area (Å²) in [6.45, 7) is 0.308. The standard InChI is InChI=1S/C11H11N5O2/c1-17-6-9-13-10-5-7(8-3-2-4-18-8)15-16(10)11(12)14-9/h2-5H,6H2,1H3,(H2,12,13,14). The van der Waals surface area contributed by atoms with E-state index in [9.17, 15) is 0 Å². The number of hydrogen-bond donors (Lipinski definition) is 1. The van der Waals surface area contributed by atoms with E-state index >= 15 is 0 Å². The van der Waals surface area contributed by atoms with Crippen molar-refractivity contribution in [1.29, 1.82) is 0 Å². The van der Waals surface area contributed by atoms with Gasteiger partial charge in [0.1, 0.15) is 12.3 Å². The highest BCUT2D eigenvalue weighted by molar-refractivity contribution is 5.60. The molecule has 0 aliphatic carbocycles. The predicted molar refractivity (Wildman–Crippen MR) is 63.6 cm³/mol. The summed E-state index contributed by atoms with van der Waals surface area (Å²) >= 11 is 0. The van der Waals surface area contributed by atoms with E-state index in [1.165, 1.54) is 4.52 Å². The van der Waals surface area contributed by atoms with Gasteiger partial charge in [0, 0.05) is 13.2 Å². The average molecular weight is 245 g/mol. The van der Waals surface area contributed by atoms with Gasteiger partial charge in [-0.25, -0.2) is 4.98 Å². The monoisotopic (exact) mass is 245 g/mol. The number of aromatic nitrogens is 4. The maximum Gasteiger partial charge on any atom is 0.225 e. The molecule has 7 nitrogen and oxygen atoms in total. The van der Waals surface area contributed by atoms with Crippen LogP contribution < -0.4 is 5.73 Å². The van der Waals surface area contributed by atoms with Crippen molar-refractivity contribution < 1.29 is 9.15 Å². The molecular formula is C11H11N5O2. The second-order valence-electron chi connectivity index (χ2n) is 3.71. The molecule has 0 amide bonds. The van der Waals surface area contributed by atoms with Gasteiger partial charge >= 0.3 is 0 Å². The van der Waals surface area contributed by atoms with Crippen LogP contribution in [0.4, 0.5) is 5.95 Å². The van der Waals surface area contributed by atoms with Gasteiger partial charge in [0.2, 0.25) is 5.95 Å². The van der Waals surface area contributed by atoms with Gasteiger partial charge in [-0.05, 0) is 12.1 Å². The Labute approximate surface area is 102 Å². The number of anilines is 1. The highest BCUT2D eigenvalue weighted by Gasteiger charge is 2.11. The van der Waals surface area contributed by atoms with Crippen molar-refractivity contribution in [2.24, 2.45) is 0 Å². The Morgan fingerprint density at radius 1 is 1.44 bits per heavy atom. The zero-order valence-electron chi connectivity index (χ0n) is 9.70. The molecular weight excluding hydrogens is 234 g/mol. The number of nitrogens with zero attached hydrogens (tertiary/aromatic N) is 4. The second kappa shape index (κ2) is 4.11. The third-order valence-electron chi connectivity index (χ3n) is 2.44. The van der Waals surface area contributed by atoms with Gasteiger partial charge in [-0.15, -0.1) is 0 Å². The number of fused-ring (bicyclic) bond motifs is 1. The molecule has 2 N–H and O–H groups in total. The lowest BCUT2D eigenvalue weighted by molar-refractivity contribution is 0.178. The molecule has 3 aromatic rings. The topological polar surface area (TPSA) is 91.5 Å². The summed E-state index contributed by atoms with van der Waals surface area (Å²) in [6.07, 6.45) is 1.59. The van der Waals surface area contributed by atoms with Crippen LogP contribution in [0.15, 0.2) is 28.9 Å². The molecule has 3 rings (SSSR count). The molecule has 0 spiro atoms. The summed E-state index contributed by atoms with van der Waals surface area (Å²) in [7, 11) is 1.58. The van der Waals surface area contributed by atoms with Crippen LogP contribution in [0.2, 0.25) is 0 Å². The van der Waals surface area contributed by atoms with Gasteiger partial charge in [0.15, 0.2) is 17.2 Å². The fraction of sp³-hybridized carbons (Fsp3) is 0.182. The third kappa shape index (κ3) is 1.70. The van der Waals surface area contributed by atoms with Gasteiger partial charge in [-0.1, -0.05) is 0 Å². The fourth-order valence-corrected chi connectivity index (χ4v) is 1.69. The summed E-state index contributed by atoms with van der Waals surface area (Å²) in [6, 6.07) is 5.40. The average Bonchev–Trinajstić information content (AvgIpc) is 2.97. The maximum absolute atomic E-state index is 5.82. The molecule has 3 aromatic heterocycles. The molecule has 18 heavy (non-hydrogen) atoms. The van der Waals surface area contributed by atoms with Crippen molar-refractivity contribution in [3.05, 3.63) is 30.3 Å². The van der Waals surface area contributed by atoms with Crippen molar-refractivity contribution in [2.45, 2.75) is 6.61 Å². The maximum atomic E-state index is 5.82. The Balaban J connectivity index is 2.14. The minimum atomic E-state index is 0.268. The lowest BCUT2D eigenvalue weighted by Crippen LogP contribution is -2.07. The van der Waals surface area contributed by atoms with E-state index < -0.39 is 0 Å². The molecule has 0 aliphatic heterocycles. The lowest BCUT2D eigenvalue weighted by Gasteiger charge is -2.01. The first kappa shape index (κ1) is 10.7. The van der Waals surface area contributed by atoms with Crippen LogP contribution in [0.1, 0.15) is 5.82 Å². The van der Waals surface area contributed by atoms with Crippen LogP contribution in [0.3, 0.4) is 0 Å². The van der Waals surface area contributed by atoms with Gasteiger partial charge in [0.05, 0.1) is 6.26 Å². The minimum absolute atomic E-state index is 0.268. The fourth-order valence-electron chi connectivity index (χ4n) is 1.69. The number of hydrogen-bond acceptors (Lipinski definition) is 6. The zero-order chi connectivity index (χ0) is 12.5. The van der Waals surface area contributed by atoms with Crippen LogP contribution in [0.5, 0.6) is 0 Å². The number of nitrogen functional groups attached to an aromatic ring is 1. The third-order valence-corrected chi connectivity index (χ3v) is 2.44. The number of rotatable bonds is 3. The molecule has 0 radical (unpaired) electrons. The molecule has 0 fully saturated rings. The number of methoxy groups -OCH3 is 1. The highest BCUT2D eigenvalue weighted by atomic mass is 16.5. The van der Waals surface area contributed by atoms with E-state index in [-0.39, 0.29) is 5.95 Å². The largest absolute Gasteiger partial charge is 0.463 e. The SMILES string of the molecule is COCc1nc(N)n2nc(-c3ccco3)cc2n1. The normalized spacial score (nSPS) is 11.2. The Morgan fingerprint density at radius 2 is 2.33 bits per heavy atom. The number of nitrogens with two attached hydrogens (primary N) is 1. The minimum Gasteiger partial charge on any atom is -0.463 e. The summed E-state index contributed by atoms with van der Waals surface area (Å²) in [5.41, 5.74) is 7.09. The van der Waals surface area contributed by atoms with E-state index in [0.29, 0.717) is 29.5 Å². The van der Waals surface area contributed by atoms with E-state index in [0.717, 1.165) is 0 Å². The molecule has 0 bridgehead atoms. The summed E-state index contributed by atoms with van der Waals surface area (Å²) < 4.78 is 11.7. The van der Waals surface area contributed by atoms with Crippen LogP contribution in [-0.4, -0.2) is 26.7 Å². The quantitative estimate of drug-likeness (QED) is 0.743. The van der Waals surface area contributed by atoms with Crippen molar-refractivity contribution in [2.75, 3.05) is 12.8 Å². The van der Waals surface area contributed by atoms with E-state index in [2.05, 4.69) is 15.1 Å². The van der Waals surface area contributed by atoms with Gasteiger partial charge in [0.25, 0.3) is 0 Å². The second-order valence-corrected chi connectivity index (χ2v) is 3.71. The molecule has 3 heterocycles. The van der Waals surface area contributed by atoms with Crippen LogP contribution in [0, 0.1) is 0 Å². The zero-order valence-corrected chi connectivity index (χ0v) is 9.70. The summed E-state index contributed by atoms with van der Waals surface area (Å²) in [5.74, 6) is 1.45. The van der Waals surface area contributed by atoms with Crippen LogP contribution in [-0.2, 0) is 11.3 Å². The van der Waals surface area contributed by atoms with Gasteiger partial charge in [-0.3, -0.25) is 0 Å². The van der Waals surface area contributed by atoms with Gasteiger partial charge < -0.3 is 14.9 Å². The molecule has 0 saturated carbocycles. The molecule has 0 aliphatic rings. The Kier molecular flexibility index (Phi) is 2.45. The predicted octanol–water partition coefficient (Wildman–Crippen LogP) is 1.11. The van der Waals surface area contributed by atoms with E-state index in [1.54, 1.807) is 25.5 Å². The molecule has 92 valence electrons. The van der Waals surface area contributed by atoms with Crippen molar-refractivity contribution in [3.8, 4) is 11.5 Å².